The average Bonchev–Trinajstić information content (AvgIpc) is 2.48. The Balaban J connectivity index is 2.32. The van der Waals surface area contributed by atoms with Crippen LogP contribution in [0.1, 0.15) is 0 Å². The molecule has 6 heteroatoms. The largest absolute Gasteiger partial charge is 0.369 e. The van der Waals surface area contributed by atoms with Gasteiger partial charge in [-0.15, -0.1) is 24.4 Å². The first-order valence-corrected chi connectivity index (χ1v) is 8.26. The number of nitrogens with two attached hydrogens (primary N) is 1. The summed E-state index contributed by atoms with van der Waals surface area (Å²) >= 11 is 12.1. The molecule has 0 aliphatic carbocycles. The summed E-state index contributed by atoms with van der Waals surface area (Å²) in [5.41, 5.74) is 7.66. The standard InChI is InChI=1S/C15H16ClN3S2/c1-19(10-4-3-5-11(20)8-10)15(17)18-14-9-12(21-2)6-7-13(14)16/h3-9,20H,1-2H3,(H2,17,18). The normalized spacial score (nSPS) is 11.5. The minimum atomic E-state index is 0.370. The first-order chi connectivity index (χ1) is 10.0. The van der Waals surface area contributed by atoms with Gasteiger partial charge in [0.25, 0.3) is 0 Å². The fraction of sp³-hybridized carbons (Fsp3) is 0.133. The summed E-state index contributed by atoms with van der Waals surface area (Å²) in [6.07, 6.45) is 2.00. The average molecular weight is 338 g/mol. The quantitative estimate of drug-likeness (QED) is 0.377. The van der Waals surface area contributed by atoms with Crippen LogP contribution in [0.25, 0.3) is 0 Å². The van der Waals surface area contributed by atoms with Gasteiger partial charge in [0.1, 0.15) is 0 Å². The van der Waals surface area contributed by atoms with Gasteiger partial charge in [-0.2, -0.15) is 0 Å². The molecule has 0 aliphatic heterocycles. The zero-order valence-electron chi connectivity index (χ0n) is 11.7. The Bertz CT molecular complexity index is 674. The van der Waals surface area contributed by atoms with Crippen LogP contribution in [0, 0.1) is 0 Å². The van der Waals surface area contributed by atoms with Crippen molar-refractivity contribution in [2.45, 2.75) is 9.79 Å². The molecule has 2 rings (SSSR count). The Labute approximate surface area is 139 Å². The molecule has 0 spiro atoms. The zero-order chi connectivity index (χ0) is 15.4. The van der Waals surface area contributed by atoms with Crippen LogP contribution in [0.5, 0.6) is 0 Å². The molecule has 0 aliphatic rings. The first kappa shape index (κ1) is 16.1. The van der Waals surface area contributed by atoms with Gasteiger partial charge in [-0.05, 0) is 42.7 Å². The predicted octanol–water partition coefficient (Wildman–Crippen LogP) is 4.43. The molecule has 0 bridgehead atoms. The Morgan fingerprint density at radius 3 is 2.71 bits per heavy atom. The van der Waals surface area contributed by atoms with E-state index >= 15 is 0 Å². The van der Waals surface area contributed by atoms with Gasteiger partial charge in [-0.3, -0.25) is 0 Å². The highest BCUT2D eigenvalue weighted by atomic mass is 35.5. The summed E-state index contributed by atoms with van der Waals surface area (Å²) in [5.74, 6) is 0.370. The van der Waals surface area contributed by atoms with E-state index in [9.17, 15) is 0 Å². The van der Waals surface area contributed by atoms with E-state index in [1.165, 1.54) is 0 Å². The van der Waals surface area contributed by atoms with Crippen LogP contribution in [-0.4, -0.2) is 19.3 Å². The first-order valence-electron chi connectivity index (χ1n) is 6.21. The van der Waals surface area contributed by atoms with E-state index in [1.54, 1.807) is 16.7 Å². The number of anilines is 1. The number of halogens is 1. The van der Waals surface area contributed by atoms with Gasteiger partial charge in [0.15, 0.2) is 0 Å². The number of nitrogens with zero attached hydrogens (tertiary/aromatic N) is 2. The Morgan fingerprint density at radius 1 is 1.29 bits per heavy atom. The summed E-state index contributed by atoms with van der Waals surface area (Å²) in [7, 11) is 1.85. The summed E-state index contributed by atoms with van der Waals surface area (Å²) < 4.78 is 0. The number of rotatable bonds is 3. The summed E-state index contributed by atoms with van der Waals surface area (Å²) in [5, 5.41) is 0.576. The Morgan fingerprint density at radius 2 is 2.05 bits per heavy atom. The molecular formula is C15H16ClN3S2. The van der Waals surface area contributed by atoms with Crippen molar-refractivity contribution in [2.24, 2.45) is 10.7 Å². The highest BCUT2D eigenvalue weighted by molar-refractivity contribution is 7.98. The van der Waals surface area contributed by atoms with Gasteiger partial charge in [0, 0.05) is 22.5 Å². The van der Waals surface area contributed by atoms with Crippen molar-refractivity contribution in [3.05, 3.63) is 47.5 Å². The van der Waals surface area contributed by atoms with Crippen molar-refractivity contribution in [1.29, 1.82) is 0 Å². The van der Waals surface area contributed by atoms with Crippen LogP contribution in [0.15, 0.2) is 57.2 Å². The number of hydrogen-bond acceptors (Lipinski definition) is 3. The SMILES string of the molecule is CSc1ccc(Cl)c(N=C(N)N(C)c2cccc(S)c2)c1. The molecule has 0 unspecified atom stereocenters. The fourth-order valence-corrected chi connectivity index (χ4v) is 2.55. The fourth-order valence-electron chi connectivity index (χ4n) is 1.74. The Hall–Kier alpha value is -1.30. The molecule has 2 aromatic rings. The van der Waals surface area contributed by atoms with Crippen LogP contribution < -0.4 is 10.6 Å². The third-order valence-electron chi connectivity index (χ3n) is 2.95. The number of aliphatic imine (C=N–C) groups is 1. The lowest BCUT2D eigenvalue weighted by Gasteiger charge is -2.18. The van der Waals surface area contributed by atoms with Crippen molar-refractivity contribution in [3.8, 4) is 0 Å². The van der Waals surface area contributed by atoms with Crippen molar-refractivity contribution < 1.29 is 0 Å². The number of benzene rings is 2. The number of thiol groups is 1. The summed E-state index contributed by atoms with van der Waals surface area (Å²) in [6.45, 7) is 0. The van der Waals surface area contributed by atoms with Gasteiger partial charge in [0.2, 0.25) is 5.96 Å². The molecule has 110 valence electrons. The summed E-state index contributed by atoms with van der Waals surface area (Å²) in [4.78, 5) is 8.18. The molecule has 3 nitrogen and oxygen atoms in total. The van der Waals surface area contributed by atoms with E-state index in [2.05, 4.69) is 17.6 Å². The molecule has 0 heterocycles. The van der Waals surface area contributed by atoms with E-state index in [0.29, 0.717) is 16.7 Å². The molecule has 2 N–H and O–H groups in total. The third kappa shape index (κ3) is 4.09. The van der Waals surface area contributed by atoms with Crippen LogP contribution >= 0.6 is 36.0 Å². The molecule has 0 fully saturated rings. The Kier molecular flexibility index (Phi) is 5.45. The van der Waals surface area contributed by atoms with Crippen molar-refractivity contribution in [3.63, 3.8) is 0 Å². The minimum Gasteiger partial charge on any atom is -0.369 e. The molecule has 0 atom stereocenters. The van der Waals surface area contributed by atoms with Crippen molar-refractivity contribution in [2.75, 3.05) is 18.2 Å². The minimum absolute atomic E-state index is 0.370. The number of guanidine groups is 1. The van der Waals surface area contributed by atoms with Crippen LogP contribution in [0.2, 0.25) is 5.02 Å². The second-order valence-corrected chi connectivity index (χ2v) is 6.17. The van der Waals surface area contributed by atoms with Gasteiger partial charge in [-0.25, -0.2) is 4.99 Å². The van der Waals surface area contributed by atoms with Crippen molar-refractivity contribution in [1.82, 2.24) is 0 Å². The molecule has 0 saturated carbocycles. The maximum Gasteiger partial charge on any atom is 0.200 e. The van der Waals surface area contributed by atoms with E-state index in [-0.39, 0.29) is 0 Å². The van der Waals surface area contributed by atoms with Crippen LogP contribution in [0.4, 0.5) is 11.4 Å². The highest BCUT2D eigenvalue weighted by Gasteiger charge is 2.07. The van der Waals surface area contributed by atoms with E-state index in [0.717, 1.165) is 15.5 Å². The van der Waals surface area contributed by atoms with E-state index < -0.39 is 0 Å². The zero-order valence-corrected chi connectivity index (χ0v) is 14.2. The lowest BCUT2D eigenvalue weighted by atomic mass is 10.3. The second-order valence-electron chi connectivity index (χ2n) is 4.37. The maximum absolute atomic E-state index is 6.17. The third-order valence-corrected chi connectivity index (χ3v) is 4.27. The van der Waals surface area contributed by atoms with Crippen molar-refractivity contribution >= 4 is 53.3 Å². The monoisotopic (exact) mass is 337 g/mol. The number of hydrogen-bond donors (Lipinski definition) is 2. The number of thioether (sulfide) groups is 1. The lowest BCUT2D eigenvalue weighted by molar-refractivity contribution is 1.20. The smallest absolute Gasteiger partial charge is 0.200 e. The van der Waals surface area contributed by atoms with E-state index in [4.69, 9.17) is 17.3 Å². The molecule has 0 amide bonds. The van der Waals surface area contributed by atoms with Gasteiger partial charge in [0.05, 0.1) is 10.7 Å². The predicted molar refractivity (Wildman–Crippen MR) is 96.6 cm³/mol. The molecule has 2 aromatic carbocycles. The van der Waals surface area contributed by atoms with Gasteiger partial charge < -0.3 is 10.6 Å². The van der Waals surface area contributed by atoms with Gasteiger partial charge in [-0.1, -0.05) is 17.7 Å². The lowest BCUT2D eigenvalue weighted by Crippen LogP contribution is -2.33. The highest BCUT2D eigenvalue weighted by Crippen LogP contribution is 2.30. The summed E-state index contributed by atoms with van der Waals surface area (Å²) in [6, 6.07) is 13.4. The molecule has 0 saturated heterocycles. The molecule has 0 radical (unpaired) electrons. The second kappa shape index (κ2) is 7.11. The van der Waals surface area contributed by atoms with Crippen LogP contribution in [-0.2, 0) is 0 Å². The molecule has 21 heavy (non-hydrogen) atoms. The molecule has 0 aromatic heterocycles. The van der Waals surface area contributed by atoms with Gasteiger partial charge >= 0.3 is 0 Å². The molecular weight excluding hydrogens is 322 g/mol. The maximum atomic E-state index is 6.17. The topological polar surface area (TPSA) is 41.6 Å². The van der Waals surface area contributed by atoms with E-state index in [1.807, 2.05) is 55.8 Å². The van der Waals surface area contributed by atoms with Crippen LogP contribution in [0.3, 0.4) is 0 Å².